The van der Waals surface area contributed by atoms with E-state index in [1.165, 1.54) is 18.9 Å². The van der Waals surface area contributed by atoms with E-state index in [1.54, 1.807) is 18.2 Å². The topological polar surface area (TPSA) is 157 Å². The van der Waals surface area contributed by atoms with E-state index in [1.807, 2.05) is 6.92 Å². The SMILES string of the molecule is CCC[C@@H]1[C@@H](Oc2nc3cc(OC)ccc3nc2C(F)(F)CCCCC2CC2)CN(C(=O)[C@H](C)NC(=O)O)[C@@H]1C(N)=O. The van der Waals surface area contributed by atoms with Crippen LogP contribution in [0.15, 0.2) is 18.2 Å². The number of fused-ring (bicyclic) bond motifs is 1. The Balaban J connectivity index is 1.69. The summed E-state index contributed by atoms with van der Waals surface area (Å²) in [4.78, 5) is 46.8. The zero-order valence-electron chi connectivity index (χ0n) is 24.1. The molecule has 11 nitrogen and oxygen atoms in total. The molecule has 1 aliphatic heterocycles. The molecule has 1 saturated heterocycles. The Bertz CT molecular complexity index is 1310. The maximum atomic E-state index is 15.8. The Labute approximate surface area is 243 Å². The number of benzene rings is 1. The summed E-state index contributed by atoms with van der Waals surface area (Å²) in [6, 6.07) is 2.42. The monoisotopic (exact) mass is 591 g/mol. The minimum atomic E-state index is -3.35. The van der Waals surface area contributed by atoms with Gasteiger partial charge in [-0.3, -0.25) is 9.59 Å². The molecule has 13 heteroatoms. The summed E-state index contributed by atoms with van der Waals surface area (Å²) < 4.78 is 43.0. The van der Waals surface area contributed by atoms with E-state index in [2.05, 4.69) is 15.3 Å². The fraction of sp³-hybridized carbons (Fsp3) is 0.621. The van der Waals surface area contributed by atoms with Gasteiger partial charge in [-0.05, 0) is 37.8 Å². The number of nitrogens with zero attached hydrogens (tertiary/aromatic N) is 3. The van der Waals surface area contributed by atoms with Crippen LogP contribution in [0, 0.1) is 11.8 Å². The molecule has 4 N–H and O–H groups in total. The smallest absolute Gasteiger partial charge is 0.405 e. The lowest BCUT2D eigenvalue weighted by Crippen LogP contribution is -2.52. The van der Waals surface area contributed by atoms with Gasteiger partial charge < -0.3 is 30.5 Å². The summed E-state index contributed by atoms with van der Waals surface area (Å²) in [7, 11) is 1.47. The van der Waals surface area contributed by atoms with Gasteiger partial charge in [0.15, 0.2) is 5.69 Å². The van der Waals surface area contributed by atoms with Gasteiger partial charge in [-0.15, -0.1) is 0 Å². The number of amides is 3. The van der Waals surface area contributed by atoms with Crippen molar-refractivity contribution in [1.82, 2.24) is 20.2 Å². The number of methoxy groups -OCH3 is 1. The third-order valence-corrected chi connectivity index (χ3v) is 8.00. The fourth-order valence-corrected chi connectivity index (χ4v) is 5.68. The summed E-state index contributed by atoms with van der Waals surface area (Å²) >= 11 is 0. The van der Waals surface area contributed by atoms with Crippen LogP contribution in [0.2, 0.25) is 0 Å². The number of aromatic nitrogens is 2. The number of likely N-dealkylation sites (tertiary alicyclic amines) is 1. The summed E-state index contributed by atoms with van der Waals surface area (Å²) in [6.45, 7) is 3.05. The van der Waals surface area contributed by atoms with Gasteiger partial charge in [0.2, 0.25) is 17.7 Å². The van der Waals surface area contributed by atoms with Crippen molar-refractivity contribution >= 4 is 28.9 Å². The van der Waals surface area contributed by atoms with Crippen LogP contribution < -0.4 is 20.5 Å². The van der Waals surface area contributed by atoms with Crippen molar-refractivity contribution in [3.8, 4) is 11.6 Å². The second kappa shape index (κ2) is 13.0. The first-order valence-corrected chi connectivity index (χ1v) is 14.4. The van der Waals surface area contributed by atoms with Gasteiger partial charge in [0.05, 0.1) is 24.7 Å². The van der Waals surface area contributed by atoms with Gasteiger partial charge in [-0.2, -0.15) is 8.78 Å². The van der Waals surface area contributed by atoms with Crippen molar-refractivity contribution < 1.29 is 37.7 Å². The number of carbonyl (C=O) groups is 3. The third-order valence-electron chi connectivity index (χ3n) is 8.00. The second-order valence-corrected chi connectivity index (χ2v) is 11.2. The van der Waals surface area contributed by atoms with Crippen molar-refractivity contribution in [3.63, 3.8) is 0 Å². The predicted molar refractivity (Wildman–Crippen MR) is 149 cm³/mol. The summed E-state index contributed by atoms with van der Waals surface area (Å²) in [5.74, 6) is -4.76. The lowest BCUT2D eigenvalue weighted by Gasteiger charge is -2.27. The zero-order valence-corrected chi connectivity index (χ0v) is 24.1. The van der Waals surface area contributed by atoms with Crippen molar-refractivity contribution in [2.75, 3.05) is 13.7 Å². The highest BCUT2D eigenvalue weighted by molar-refractivity contribution is 5.91. The first kappa shape index (κ1) is 31.2. The Morgan fingerprint density at radius 2 is 1.93 bits per heavy atom. The molecule has 3 amide bonds. The van der Waals surface area contributed by atoms with Gasteiger partial charge in [0.1, 0.15) is 23.9 Å². The quantitative estimate of drug-likeness (QED) is 0.276. The maximum Gasteiger partial charge on any atom is 0.405 e. The molecule has 2 heterocycles. The van der Waals surface area contributed by atoms with Crippen LogP contribution in [0.25, 0.3) is 11.0 Å². The summed E-state index contributed by atoms with van der Waals surface area (Å²) in [5, 5.41) is 11.2. The molecule has 0 unspecified atom stereocenters. The van der Waals surface area contributed by atoms with Crippen LogP contribution in [0.1, 0.15) is 70.9 Å². The highest BCUT2D eigenvalue weighted by atomic mass is 19.3. The van der Waals surface area contributed by atoms with Crippen molar-refractivity contribution in [1.29, 1.82) is 0 Å². The molecule has 1 aromatic carbocycles. The molecule has 1 aromatic heterocycles. The van der Waals surface area contributed by atoms with Gasteiger partial charge in [-0.25, -0.2) is 14.8 Å². The van der Waals surface area contributed by atoms with Crippen molar-refractivity contribution in [2.24, 2.45) is 17.6 Å². The largest absolute Gasteiger partial charge is 0.497 e. The van der Waals surface area contributed by atoms with Crippen LogP contribution in [0.3, 0.4) is 0 Å². The lowest BCUT2D eigenvalue weighted by molar-refractivity contribution is -0.139. The molecule has 1 saturated carbocycles. The Morgan fingerprint density at radius 3 is 2.55 bits per heavy atom. The third kappa shape index (κ3) is 7.16. The van der Waals surface area contributed by atoms with Gasteiger partial charge >= 0.3 is 6.09 Å². The van der Waals surface area contributed by atoms with Gasteiger partial charge in [0, 0.05) is 18.4 Å². The number of nitrogens with two attached hydrogens (primary N) is 1. The molecule has 0 bridgehead atoms. The first-order chi connectivity index (χ1) is 19.9. The van der Waals surface area contributed by atoms with Crippen LogP contribution in [0.5, 0.6) is 11.6 Å². The molecule has 1 aliphatic carbocycles. The molecule has 230 valence electrons. The fourth-order valence-electron chi connectivity index (χ4n) is 5.68. The minimum absolute atomic E-state index is 0.174. The molecule has 0 spiro atoms. The van der Waals surface area contributed by atoms with Gasteiger partial charge in [0.25, 0.3) is 5.92 Å². The van der Waals surface area contributed by atoms with Crippen molar-refractivity contribution in [2.45, 2.75) is 89.3 Å². The normalized spacial score (nSPS) is 21.3. The average molecular weight is 592 g/mol. The number of primary amides is 1. The van der Waals surface area contributed by atoms with Gasteiger partial charge in [-0.1, -0.05) is 39.0 Å². The molecule has 2 aromatic rings. The van der Waals surface area contributed by atoms with E-state index in [0.29, 0.717) is 37.4 Å². The number of unbranched alkanes of at least 4 members (excludes halogenated alkanes) is 1. The van der Waals surface area contributed by atoms with E-state index >= 15 is 8.78 Å². The highest BCUT2D eigenvalue weighted by Crippen LogP contribution is 2.41. The molecular weight excluding hydrogens is 552 g/mol. The second-order valence-electron chi connectivity index (χ2n) is 11.2. The number of hydrogen-bond acceptors (Lipinski definition) is 7. The molecule has 4 rings (SSSR count). The number of alkyl halides is 2. The Morgan fingerprint density at radius 1 is 1.19 bits per heavy atom. The van der Waals surface area contributed by atoms with E-state index in [9.17, 15) is 14.4 Å². The number of carboxylic acid groups (broad SMARTS) is 1. The number of hydrogen-bond donors (Lipinski definition) is 3. The maximum absolute atomic E-state index is 15.8. The number of carbonyl (C=O) groups excluding carboxylic acids is 2. The Hall–Kier alpha value is -3.77. The highest BCUT2D eigenvalue weighted by Gasteiger charge is 2.49. The number of rotatable bonds is 14. The minimum Gasteiger partial charge on any atom is -0.497 e. The number of ether oxygens (including phenoxy) is 2. The molecule has 42 heavy (non-hydrogen) atoms. The summed E-state index contributed by atoms with van der Waals surface area (Å²) in [6.07, 6.45) is 2.47. The van der Waals surface area contributed by atoms with E-state index in [4.69, 9.17) is 20.3 Å². The molecule has 2 aliphatic rings. The number of nitrogens with one attached hydrogen (secondary N) is 1. The van der Waals surface area contributed by atoms with Crippen LogP contribution >= 0.6 is 0 Å². The summed E-state index contributed by atoms with van der Waals surface area (Å²) in [5.41, 5.74) is 5.63. The predicted octanol–water partition coefficient (Wildman–Crippen LogP) is 4.22. The standard InChI is InChI=1S/C29H39F2N5O6/c1-4-7-19-22(15-36(23(19)25(32)37)27(38)16(2)33-28(39)40)42-26-24(29(30,31)13-6-5-8-17-9-10-17)34-20-12-11-18(41-3)14-21(20)35-26/h11-12,14,16-17,19,22-23,33H,4-10,13,15H2,1-3H3,(H2,32,37)(H,39,40)/t16-,19+,22-,23-/m0/s1. The molecule has 2 fully saturated rings. The van der Waals surface area contributed by atoms with Crippen LogP contribution in [-0.2, 0) is 15.5 Å². The zero-order chi connectivity index (χ0) is 30.6. The molecule has 0 radical (unpaired) electrons. The van der Waals surface area contributed by atoms with Crippen LogP contribution in [0.4, 0.5) is 13.6 Å². The van der Waals surface area contributed by atoms with E-state index in [0.717, 1.165) is 19.3 Å². The molecule has 4 atom stereocenters. The molecular formula is C29H39F2N5O6. The number of halogens is 2. The van der Waals surface area contributed by atoms with Crippen LogP contribution in [-0.4, -0.2) is 69.7 Å². The first-order valence-electron chi connectivity index (χ1n) is 14.4. The van der Waals surface area contributed by atoms with E-state index in [-0.39, 0.29) is 23.5 Å². The average Bonchev–Trinajstić information content (AvgIpc) is 3.70. The Kier molecular flexibility index (Phi) is 9.67. The lowest BCUT2D eigenvalue weighted by atomic mass is 9.92. The van der Waals surface area contributed by atoms with Crippen molar-refractivity contribution in [3.05, 3.63) is 23.9 Å². The van der Waals surface area contributed by atoms with E-state index < -0.39 is 60.1 Å².